The number of urea groups is 1. The van der Waals surface area contributed by atoms with Crippen LogP contribution in [0.1, 0.15) is 19.8 Å². The van der Waals surface area contributed by atoms with E-state index in [4.69, 9.17) is 11.6 Å². The third-order valence-corrected chi connectivity index (χ3v) is 7.30. The molecule has 39 heavy (non-hydrogen) atoms. The Morgan fingerprint density at radius 1 is 1.08 bits per heavy atom. The number of fused-ring (bicyclic) bond motifs is 1. The molecular formula is C29H30ClFN6O2. The first-order valence-electron chi connectivity index (χ1n) is 12.9. The Balaban J connectivity index is 1.47. The van der Waals surface area contributed by atoms with Gasteiger partial charge in [0.15, 0.2) is 0 Å². The number of carbonyl (C=O) groups is 1. The van der Waals surface area contributed by atoms with Gasteiger partial charge >= 0.3 is 6.03 Å². The molecule has 0 bridgehead atoms. The topological polar surface area (TPSA) is 91.3 Å². The van der Waals surface area contributed by atoms with Crippen LogP contribution in [0.25, 0.3) is 22.0 Å². The average Bonchev–Trinajstić information content (AvgIpc) is 2.92. The first kappa shape index (κ1) is 26.6. The van der Waals surface area contributed by atoms with E-state index >= 15 is 0 Å². The summed E-state index contributed by atoms with van der Waals surface area (Å²) in [6.45, 7) is 4.36. The van der Waals surface area contributed by atoms with E-state index < -0.39 is 11.8 Å². The average molecular weight is 549 g/mol. The molecule has 0 spiro atoms. The molecule has 1 aliphatic heterocycles. The van der Waals surface area contributed by atoms with Crippen LogP contribution in [0.5, 0.6) is 0 Å². The molecule has 202 valence electrons. The van der Waals surface area contributed by atoms with E-state index in [1.54, 1.807) is 41.1 Å². The molecule has 0 saturated carbocycles. The molecule has 4 aromatic rings. The normalized spacial score (nSPS) is 14.4. The Hall–Kier alpha value is -3.95. The van der Waals surface area contributed by atoms with Gasteiger partial charge in [0.25, 0.3) is 5.56 Å². The molecular weight excluding hydrogens is 519 g/mol. The molecule has 0 aliphatic carbocycles. The number of aromatic nitrogens is 2. The second kappa shape index (κ2) is 11.4. The van der Waals surface area contributed by atoms with Gasteiger partial charge < -0.3 is 25.4 Å². The minimum Gasteiger partial charge on any atom is -0.367 e. The quantitative estimate of drug-likeness (QED) is 0.274. The Labute approximate surface area is 230 Å². The van der Waals surface area contributed by atoms with Gasteiger partial charge in [-0.1, -0.05) is 29.8 Å². The summed E-state index contributed by atoms with van der Waals surface area (Å²) in [5.74, 6) is 0.0111. The summed E-state index contributed by atoms with van der Waals surface area (Å²) in [4.78, 5) is 33.0. The van der Waals surface area contributed by atoms with Crippen molar-refractivity contribution in [2.45, 2.75) is 32.4 Å². The SMILES string of the molecule is CCn1c(=O)c(-c2cc(NC(=O)Nc3ccccc3)c(F)cc2Cl)cc2cnc(NC3CCN(C)CC3)cc21. The van der Waals surface area contributed by atoms with Gasteiger partial charge in [-0.05, 0) is 70.2 Å². The number of piperidine rings is 1. The molecule has 0 atom stereocenters. The summed E-state index contributed by atoms with van der Waals surface area (Å²) >= 11 is 6.42. The van der Waals surface area contributed by atoms with Gasteiger partial charge in [0.2, 0.25) is 0 Å². The highest BCUT2D eigenvalue weighted by Gasteiger charge is 2.20. The Morgan fingerprint density at radius 3 is 2.54 bits per heavy atom. The van der Waals surface area contributed by atoms with Crippen LogP contribution in [-0.2, 0) is 6.54 Å². The molecule has 5 rings (SSSR count). The standard InChI is InChI=1S/C29H30ClFN6O2/c1-3-37-26-16-27(33-20-9-11-36(2)12-10-20)32-17-18(26)13-22(28(37)38)21-14-25(24(31)15-23(21)30)35-29(39)34-19-7-5-4-6-8-19/h4-8,13-17,20H,3,9-12H2,1-2H3,(H,32,33)(H2,34,35,39). The van der Waals surface area contributed by atoms with Gasteiger partial charge in [-0.2, -0.15) is 0 Å². The van der Waals surface area contributed by atoms with Crippen LogP contribution in [0.2, 0.25) is 5.02 Å². The van der Waals surface area contributed by atoms with E-state index in [1.165, 1.54) is 6.07 Å². The number of nitrogens with one attached hydrogen (secondary N) is 3. The zero-order chi connectivity index (χ0) is 27.5. The van der Waals surface area contributed by atoms with Crippen molar-refractivity contribution in [3.8, 4) is 11.1 Å². The van der Waals surface area contributed by atoms with Crippen molar-refractivity contribution in [3.63, 3.8) is 0 Å². The molecule has 2 amide bonds. The highest BCUT2D eigenvalue weighted by atomic mass is 35.5. The van der Waals surface area contributed by atoms with Gasteiger partial charge in [-0.15, -0.1) is 0 Å². The number of likely N-dealkylation sites (tertiary alicyclic amines) is 1. The van der Waals surface area contributed by atoms with Crippen molar-refractivity contribution in [2.75, 3.05) is 36.1 Å². The van der Waals surface area contributed by atoms with E-state index in [2.05, 4.69) is 32.9 Å². The zero-order valence-corrected chi connectivity index (χ0v) is 22.6. The number of hydrogen-bond donors (Lipinski definition) is 3. The van der Waals surface area contributed by atoms with Crippen LogP contribution < -0.4 is 21.5 Å². The Morgan fingerprint density at radius 2 is 1.82 bits per heavy atom. The second-order valence-electron chi connectivity index (χ2n) is 9.71. The number of para-hydroxylation sites is 1. The number of benzene rings is 2. The molecule has 1 aliphatic rings. The van der Waals surface area contributed by atoms with E-state index in [-0.39, 0.29) is 16.3 Å². The summed E-state index contributed by atoms with van der Waals surface area (Å²) in [6.07, 6.45) is 3.78. The van der Waals surface area contributed by atoms with E-state index in [1.807, 2.05) is 19.1 Å². The lowest BCUT2D eigenvalue weighted by molar-refractivity contribution is 0.262. The minimum absolute atomic E-state index is 0.0640. The lowest BCUT2D eigenvalue weighted by Gasteiger charge is -2.29. The van der Waals surface area contributed by atoms with Crippen LogP contribution >= 0.6 is 11.6 Å². The highest BCUT2D eigenvalue weighted by Crippen LogP contribution is 2.33. The molecule has 0 unspecified atom stereocenters. The van der Waals surface area contributed by atoms with Gasteiger partial charge in [0.05, 0.1) is 16.2 Å². The van der Waals surface area contributed by atoms with Crippen LogP contribution in [0.3, 0.4) is 0 Å². The number of carbonyl (C=O) groups excluding carboxylic acids is 1. The smallest absolute Gasteiger partial charge is 0.323 e. The number of anilines is 3. The molecule has 2 aromatic heterocycles. The van der Waals surface area contributed by atoms with E-state index in [9.17, 15) is 14.0 Å². The lowest BCUT2D eigenvalue weighted by Crippen LogP contribution is -2.36. The van der Waals surface area contributed by atoms with Gasteiger partial charge in [-0.3, -0.25) is 4.79 Å². The molecule has 8 nitrogen and oxygen atoms in total. The molecule has 10 heteroatoms. The van der Waals surface area contributed by atoms with Gasteiger partial charge in [0.1, 0.15) is 11.6 Å². The number of aryl methyl sites for hydroxylation is 1. The minimum atomic E-state index is -0.713. The predicted octanol–water partition coefficient (Wildman–Crippen LogP) is 6.03. The largest absolute Gasteiger partial charge is 0.367 e. The Bertz CT molecular complexity index is 1570. The van der Waals surface area contributed by atoms with Crippen molar-refractivity contribution in [1.82, 2.24) is 14.5 Å². The third kappa shape index (κ3) is 5.89. The van der Waals surface area contributed by atoms with Crippen LogP contribution in [-0.4, -0.2) is 46.7 Å². The van der Waals surface area contributed by atoms with Crippen molar-refractivity contribution in [3.05, 3.63) is 82.0 Å². The van der Waals surface area contributed by atoms with Crippen LogP contribution in [0.4, 0.5) is 26.4 Å². The maximum absolute atomic E-state index is 14.8. The summed E-state index contributed by atoms with van der Waals surface area (Å²) in [6, 6.07) is 14.6. The monoisotopic (exact) mass is 548 g/mol. The Kier molecular flexibility index (Phi) is 7.81. The van der Waals surface area contributed by atoms with E-state index in [0.29, 0.717) is 29.4 Å². The molecule has 1 fully saturated rings. The third-order valence-electron chi connectivity index (χ3n) is 6.99. The fraction of sp³-hybridized carbons (Fsp3) is 0.276. The number of rotatable bonds is 6. The summed E-state index contributed by atoms with van der Waals surface area (Å²) in [7, 11) is 2.12. The van der Waals surface area contributed by atoms with E-state index in [0.717, 1.165) is 48.7 Å². The van der Waals surface area contributed by atoms with Crippen molar-refractivity contribution < 1.29 is 9.18 Å². The molecule has 0 radical (unpaired) electrons. The lowest BCUT2D eigenvalue weighted by atomic mass is 10.0. The number of nitrogens with zero attached hydrogens (tertiary/aromatic N) is 3. The maximum atomic E-state index is 14.8. The summed E-state index contributed by atoms with van der Waals surface area (Å²) < 4.78 is 16.4. The molecule has 1 saturated heterocycles. The maximum Gasteiger partial charge on any atom is 0.323 e. The second-order valence-corrected chi connectivity index (χ2v) is 10.1. The number of pyridine rings is 2. The highest BCUT2D eigenvalue weighted by molar-refractivity contribution is 6.33. The molecule has 3 N–H and O–H groups in total. The zero-order valence-electron chi connectivity index (χ0n) is 21.8. The first-order valence-corrected chi connectivity index (χ1v) is 13.3. The molecule has 2 aromatic carbocycles. The van der Waals surface area contributed by atoms with Crippen molar-refractivity contribution in [2.24, 2.45) is 0 Å². The number of amides is 2. The fourth-order valence-corrected chi connectivity index (χ4v) is 5.13. The number of halogens is 2. The summed E-state index contributed by atoms with van der Waals surface area (Å²) in [5, 5.41) is 9.48. The van der Waals surface area contributed by atoms with Gasteiger partial charge in [-0.25, -0.2) is 14.2 Å². The fourth-order valence-electron chi connectivity index (χ4n) is 4.88. The first-order chi connectivity index (χ1) is 18.8. The van der Waals surface area contributed by atoms with Crippen molar-refractivity contribution in [1.29, 1.82) is 0 Å². The van der Waals surface area contributed by atoms with Gasteiger partial charge in [0, 0.05) is 47.1 Å². The molecule has 3 heterocycles. The number of hydrogen-bond acceptors (Lipinski definition) is 5. The van der Waals surface area contributed by atoms with Crippen LogP contribution in [0, 0.1) is 5.82 Å². The van der Waals surface area contributed by atoms with Crippen LogP contribution in [0.15, 0.2) is 65.6 Å². The summed E-state index contributed by atoms with van der Waals surface area (Å²) in [5.41, 5.74) is 1.54. The predicted molar refractivity (Wildman–Crippen MR) is 155 cm³/mol. The van der Waals surface area contributed by atoms with Crippen molar-refractivity contribution >= 4 is 45.7 Å².